The first kappa shape index (κ1) is 13.1. The molecule has 18 heavy (non-hydrogen) atoms. The number of benzene rings is 1. The Balaban J connectivity index is 1.86. The summed E-state index contributed by atoms with van der Waals surface area (Å²) in [5, 5.41) is 6.35. The molecule has 0 spiro atoms. The highest BCUT2D eigenvalue weighted by Gasteiger charge is 1.99. The Morgan fingerprint density at radius 3 is 3.11 bits per heavy atom. The third-order valence-electron chi connectivity index (χ3n) is 2.50. The van der Waals surface area contributed by atoms with Gasteiger partial charge in [0.25, 0.3) is 0 Å². The van der Waals surface area contributed by atoms with Crippen LogP contribution in [0.15, 0.2) is 35.8 Å². The summed E-state index contributed by atoms with van der Waals surface area (Å²) in [5.74, 6) is 0.904. The molecular formula is C14H18N2OS. The van der Waals surface area contributed by atoms with Crippen LogP contribution in [0.5, 0.6) is 5.75 Å². The Kier molecular flexibility index (Phi) is 5.17. The van der Waals surface area contributed by atoms with Crippen molar-refractivity contribution in [3.8, 4) is 5.75 Å². The van der Waals surface area contributed by atoms with Crippen molar-refractivity contribution < 1.29 is 4.74 Å². The van der Waals surface area contributed by atoms with Crippen molar-refractivity contribution in [2.24, 2.45) is 0 Å². The number of hydrogen-bond donors (Lipinski definition) is 1. The van der Waals surface area contributed by atoms with E-state index in [2.05, 4.69) is 29.4 Å². The van der Waals surface area contributed by atoms with Gasteiger partial charge in [-0.3, -0.25) is 0 Å². The average molecular weight is 262 g/mol. The van der Waals surface area contributed by atoms with Gasteiger partial charge >= 0.3 is 0 Å². The Bertz CT molecular complexity index is 457. The van der Waals surface area contributed by atoms with Gasteiger partial charge in [-0.2, -0.15) is 0 Å². The standard InChI is InChI=1S/C14H18N2OS/c1-2-6-15-10-12-4-3-5-13(9-12)17-11-14-16-7-8-18-14/h3-5,7-9,15H,2,6,10-11H2,1H3. The summed E-state index contributed by atoms with van der Waals surface area (Å²) < 4.78 is 5.72. The second-order valence-corrected chi connectivity index (χ2v) is 5.02. The molecule has 0 saturated carbocycles. The number of rotatable bonds is 7. The molecule has 4 heteroatoms. The van der Waals surface area contributed by atoms with E-state index in [-0.39, 0.29) is 0 Å². The van der Waals surface area contributed by atoms with Gasteiger partial charge in [-0.25, -0.2) is 4.98 Å². The molecule has 1 heterocycles. The molecule has 96 valence electrons. The Morgan fingerprint density at radius 1 is 1.39 bits per heavy atom. The summed E-state index contributed by atoms with van der Waals surface area (Å²) in [5.41, 5.74) is 1.25. The van der Waals surface area contributed by atoms with Crippen LogP contribution in [0, 0.1) is 0 Å². The molecular weight excluding hydrogens is 244 g/mol. The van der Waals surface area contributed by atoms with Crippen LogP contribution in [0.1, 0.15) is 23.9 Å². The van der Waals surface area contributed by atoms with Crippen molar-refractivity contribution in [1.29, 1.82) is 0 Å². The zero-order valence-corrected chi connectivity index (χ0v) is 11.4. The normalized spacial score (nSPS) is 10.5. The van der Waals surface area contributed by atoms with Gasteiger partial charge in [-0.1, -0.05) is 19.1 Å². The number of thiazole rings is 1. The van der Waals surface area contributed by atoms with E-state index in [0.29, 0.717) is 6.61 Å². The molecule has 0 amide bonds. The molecule has 0 bridgehead atoms. The fourth-order valence-corrected chi connectivity index (χ4v) is 2.15. The van der Waals surface area contributed by atoms with Gasteiger partial charge in [0.1, 0.15) is 17.4 Å². The molecule has 3 nitrogen and oxygen atoms in total. The Hall–Kier alpha value is -1.39. The number of hydrogen-bond acceptors (Lipinski definition) is 4. The monoisotopic (exact) mass is 262 g/mol. The van der Waals surface area contributed by atoms with Gasteiger partial charge in [-0.15, -0.1) is 11.3 Å². The molecule has 0 atom stereocenters. The van der Waals surface area contributed by atoms with Crippen molar-refractivity contribution in [3.05, 3.63) is 46.4 Å². The smallest absolute Gasteiger partial charge is 0.140 e. The summed E-state index contributed by atoms with van der Waals surface area (Å²) in [6, 6.07) is 8.20. The molecule has 0 aliphatic heterocycles. The molecule has 2 aromatic rings. The first-order valence-corrected chi connectivity index (χ1v) is 7.07. The maximum absolute atomic E-state index is 5.72. The molecule has 1 N–H and O–H groups in total. The molecule has 0 unspecified atom stereocenters. The third kappa shape index (κ3) is 4.13. The lowest BCUT2D eigenvalue weighted by atomic mass is 10.2. The van der Waals surface area contributed by atoms with Crippen LogP contribution in [0.3, 0.4) is 0 Å². The Labute approximate surface area is 112 Å². The van der Waals surface area contributed by atoms with Crippen molar-refractivity contribution in [2.75, 3.05) is 6.54 Å². The van der Waals surface area contributed by atoms with E-state index in [0.717, 1.165) is 30.3 Å². The summed E-state index contributed by atoms with van der Waals surface area (Å²) in [6.07, 6.45) is 2.95. The lowest BCUT2D eigenvalue weighted by Gasteiger charge is -2.07. The maximum Gasteiger partial charge on any atom is 0.140 e. The van der Waals surface area contributed by atoms with Crippen molar-refractivity contribution in [1.82, 2.24) is 10.3 Å². The van der Waals surface area contributed by atoms with E-state index in [4.69, 9.17) is 4.74 Å². The SMILES string of the molecule is CCCNCc1cccc(OCc2nccs2)c1. The molecule has 0 saturated heterocycles. The summed E-state index contributed by atoms with van der Waals surface area (Å²) >= 11 is 1.61. The van der Waals surface area contributed by atoms with E-state index in [1.54, 1.807) is 17.5 Å². The van der Waals surface area contributed by atoms with Gasteiger partial charge in [0.05, 0.1) is 0 Å². The highest BCUT2D eigenvalue weighted by Crippen LogP contribution is 2.15. The molecule has 0 fully saturated rings. The zero-order valence-electron chi connectivity index (χ0n) is 10.6. The van der Waals surface area contributed by atoms with E-state index < -0.39 is 0 Å². The van der Waals surface area contributed by atoms with E-state index in [1.807, 2.05) is 17.5 Å². The van der Waals surface area contributed by atoms with Crippen LogP contribution in [-0.2, 0) is 13.2 Å². The quantitative estimate of drug-likeness (QED) is 0.778. The van der Waals surface area contributed by atoms with Crippen LogP contribution in [0.25, 0.3) is 0 Å². The van der Waals surface area contributed by atoms with E-state index >= 15 is 0 Å². The van der Waals surface area contributed by atoms with Crippen LogP contribution in [0.2, 0.25) is 0 Å². The predicted octanol–water partition coefficient (Wildman–Crippen LogP) is 3.22. The first-order chi connectivity index (χ1) is 8.88. The van der Waals surface area contributed by atoms with Crippen LogP contribution < -0.4 is 10.1 Å². The zero-order chi connectivity index (χ0) is 12.6. The average Bonchev–Trinajstić information content (AvgIpc) is 2.90. The summed E-state index contributed by atoms with van der Waals surface area (Å²) in [7, 11) is 0. The lowest BCUT2D eigenvalue weighted by Crippen LogP contribution is -2.13. The first-order valence-electron chi connectivity index (χ1n) is 6.19. The molecule has 0 aliphatic rings. The van der Waals surface area contributed by atoms with Crippen LogP contribution in [0.4, 0.5) is 0 Å². The van der Waals surface area contributed by atoms with Gasteiger partial charge in [0.15, 0.2) is 0 Å². The van der Waals surface area contributed by atoms with Gasteiger partial charge < -0.3 is 10.1 Å². The molecule has 1 aromatic carbocycles. The second-order valence-electron chi connectivity index (χ2n) is 4.04. The molecule has 1 aromatic heterocycles. The highest BCUT2D eigenvalue weighted by molar-refractivity contribution is 7.09. The topological polar surface area (TPSA) is 34.1 Å². The lowest BCUT2D eigenvalue weighted by molar-refractivity contribution is 0.305. The second kappa shape index (κ2) is 7.13. The molecule has 2 rings (SSSR count). The van der Waals surface area contributed by atoms with Gasteiger partial charge in [0, 0.05) is 18.1 Å². The van der Waals surface area contributed by atoms with Crippen LogP contribution >= 0.6 is 11.3 Å². The fourth-order valence-electron chi connectivity index (χ4n) is 1.62. The number of aromatic nitrogens is 1. The summed E-state index contributed by atoms with van der Waals surface area (Å²) in [6.45, 7) is 4.65. The van der Waals surface area contributed by atoms with Crippen molar-refractivity contribution >= 4 is 11.3 Å². The number of ether oxygens (including phenoxy) is 1. The molecule has 0 radical (unpaired) electrons. The van der Waals surface area contributed by atoms with E-state index in [9.17, 15) is 0 Å². The minimum atomic E-state index is 0.545. The Morgan fingerprint density at radius 2 is 2.33 bits per heavy atom. The summed E-state index contributed by atoms with van der Waals surface area (Å²) in [4.78, 5) is 4.20. The van der Waals surface area contributed by atoms with E-state index in [1.165, 1.54) is 5.56 Å². The highest BCUT2D eigenvalue weighted by atomic mass is 32.1. The largest absolute Gasteiger partial charge is 0.486 e. The number of nitrogens with one attached hydrogen (secondary N) is 1. The minimum Gasteiger partial charge on any atom is -0.486 e. The fraction of sp³-hybridized carbons (Fsp3) is 0.357. The van der Waals surface area contributed by atoms with Gasteiger partial charge in [-0.05, 0) is 30.7 Å². The van der Waals surface area contributed by atoms with Crippen LogP contribution in [-0.4, -0.2) is 11.5 Å². The van der Waals surface area contributed by atoms with Gasteiger partial charge in [0.2, 0.25) is 0 Å². The molecule has 0 aliphatic carbocycles. The van der Waals surface area contributed by atoms with Crippen molar-refractivity contribution in [3.63, 3.8) is 0 Å². The third-order valence-corrected chi connectivity index (χ3v) is 3.25. The number of nitrogens with zero attached hydrogens (tertiary/aromatic N) is 1. The predicted molar refractivity (Wildman–Crippen MR) is 74.9 cm³/mol. The van der Waals surface area contributed by atoms with Crippen molar-refractivity contribution in [2.45, 2.75) is 26.5 Å². The minimum absolute atomic E-state index is 0.545. The maximum atomic E-state index is 5.72.